The molecular weight excluding hydrogens is 296 g/mol. The molecule has 5 heteroatoms. The van der Waals surface area contributed by atoms with Crippen LogP contribution >= 0.6 is 12.2 Å². The second-order valence-corrected chi connectivity index (χ2v) is 6.31. The molecule has 1 aliphatic rings. The first kappa shape index (κ1) is 16.9. The largest absolute Gasteiger partial charge is 0.466 e. The van der Waals surface area contributed by atoms with Crippen LogP contribution in [0.15, 0.2) is 24.3 Å². The number of esters is 1. The Balaban J connectivity index is 1.89. The molecule has 1 aromatic carbocycles. The normalized spacial score (nSPS) is 18.9. The Morgan fingerprint density at radius 2 is 2.05 bits per heavy atom. The molecule has 2 rings (SSSR count). The summed E-state index contributed by atoms with van der Waals surface area (Å²) in [4.78, 5) is 14.7. The van der Waals surface area contributed by atoms with Crippen molar-refractivity contribution in [3.05, 3.63) is 35.4 Å². The number of piperidine rings is 1. The standard InChI is InChI=1S/C17H24N2O2S/c1-2-21-17(20)15-4-3-9-19(12-15)11-14-7-5-13(6-8-14)10-16(18)22/h5-8,15H,2-4,9-12H2,1H3,(H2,18,22). The quantitative estimate of drug-likeness (QED) is 0.644. The molecule has 0 aliphatic carbocycles. The van der Waals surface area contributed by atoms with E-state index >= 15 is 0 Å². The number of hydrogen-bond acceptors (Lipinski definition) is 4. The second kappa shape index (κ2) is 8.25. The fourth-order valence-electron chi connectivity index (χ4n) is 2.87. The van der Waals surface area contributed by atoms with Crippen LogP contribution in [0.3, 0.4) is 0 Å². The molecule has 120 valence electrons. The van der Waals surface area contributed by atoms with E-state index in [0.717, 1.165) is 38.0 Å². The molecule has 1 fully saturated rings. The molecule has 0 saturated carbocycles. The maximum atomic E-state index is 11.9. The van der Waals surface area contributed by atoms with Crippen LogP contribution in [0.2, 0.25) is 0 Å². The van der Waals surface area contributed by atoms with Crippen LogP contribution in [0, 0.1) is 5.92 Å². The van der Waals surface area contributed by atoms with E-state index in [1.165, 1.54) is 5.56 Å². The number of ether oxygens (including phenoxy) is 1. The molecule has 22 heavy (non-hydrogen) atoms. The van der Waals surface area contributed by atoms with Crippen LogP contribution in [0.4, 0.5) is 0 Å². The first-order chi connectivity index (χ1) is 10.6. The highest BCUT2D eigenvalue weighted by atomic mass is 32.1. The van der Waals surface area contributed by atoms with Crippen LogP contribution in [-0.2, 0) is 22.5 Å². The summed E-state index contributed by atoms with van der Waals surface area (Å²) >= 11 is 4.93. The van der Waals surface area contributed by atoms with Crippen LogP contribution in [0.25, 0.3) is 0 Å². The van der Waals surface area contributed by atoms with Crippen molar-refractivity contribution in [2.45, 2.75) is 32.7 Å². The van der Waals surface area contributed by atoms with E-state index in [2.05, 4.69) is 29.2 Å². The molecule has 1 heterocycles. The minimum Gasteiger partial charge on any atom is -0.466 e. The van der Waals surface area contributed by atoms with Gasteiger partial charge in [-0.2, -0.15) is 0 Å². The summed E-state index contributed by atoms with van der Waals surface area (Å²) in [5.41, 5.74) is 7.94. The summed E-state index contributed by atoms with van der Waals surface area (Å²) in [6.07, 6.45) is 2.62. The van der Waals surface area contributed by atoms with Crippen LogP contribution < -0.4 is 5.73 Å². The molecule has 1 aliphatic heterocycles. The average molecular weight is 320 g/mol. The summed E-state index contributed by atoms with van der Waals surface area (Å²) in [5.74, 6) is -0.0402. The number of benzene rings is 1. The van der Waals surface area contributed by atoms with Gasteiger partial charge in [-0.1, -0.05) is 36.5 Å². The lowest BCUT2D eigenvalue weighted by Gasteiger charge is -2.31. The number of nitrogens with zero attached hydrogens (tertiary/aromatic N) is 1. The maximum Gasteiger partial charge on any atom is 0.310 e. The summed E-state index contributed by atoms with van der Waals surface area (Å²) in [6, 6.07) is 8.37. The predicted molar refractivity (Wildman–Crippen MR) is 91.6 cm³/mol. The fourth-order valence-corrected chi connectivity index (χ4v) is 3.04. The Bertz CT molecular complexity index is 516. The van der Waals surface area contributed by atoms with Gasteiger partial charge in [-0.05, 0) is 37.4 Å². The predicted octanol–water partition coefficient (Wildman–Crippen LogP) is 2.29. The zero-order valence-corrected chi connectivity index (χ0v) is 13.9. The number of nitrogens with two attached hydrogens (primary N) is 1. The summed E-state index contributed by atoms with van der Waals surface area (Å²) < 4.78 is 5.14. The van der Waals surface area contributed by atoms with Gasteiger partial charge in [0, 0.05) is 19.5 Å². The molecule has 1 saturated heterocycles. The number of hydrogen-bond donors (Lipinski definition) is 1. The van der Waals surface area contributed by atoms with Gasteiger partial charge in [0.05, 0.1) is 17.5 Å². The zero-order valence-electron chi connectivity index (χ0n) is 13.1. The highest BCUT2D eigenvalue weighted by Crippen LogP contribution is 2.20. The molecule has 0 radical (unpaired) electrons. The van der Waals surface area contributed by atoms with Gasteiger partial charge in [-0.15, -0.1) is 0 Å². The van der Waals surface area contributed by atoms with E-state index in [0.29, 0.717) is 18.0 Å². The summed E-state index contributed by atoms with van der Waals surface area (Å²) in [6.45, 7) is 4.99. The van der Waals surface area contributed by atoms with Crippen molar-refractivity contribution in [3.63, 3.8) is 0 Å². The smallest absolute Gasteiger partial charge is 0.310 e. The lowest BCUT2D eigenvalue weighted by molar-refractivity contribution is -0.150. The van der Waals surface area contributed by atoms with Gasteiger partial charge in [-0.3, -0.25) is 9.69 Å². The number of thiocarbonyl (C=S) groups is 1. The van der Waals surface area contributed by atoms with E-state index in [1.807, 2.05) is 6.92 Å². The summed E-state index contributed by atoms with van der Waals surface area (Å²) in [7, 11) is 0. The highest BCUT2D eigenvalue weighted by molar-refractivity contribution is 7.80. The second-order valence-electron chi connectivity index (χ2n) is 5.79. The first-order valence-electron chi connectivity index (χ1n) is 7.83. The molecule has 0 spiro atoms. The van der Waals surface area contributed by atoms with E-state index in [1.54, 1.807) is 0 Å². The van der Waals surface area contributed by atoms with Crippen LogP contribution in [0.1, 0.15) is 30.9 Å². The average Bonchev–Trinajstić information content (AvgIpc) is 2.49. The third-order valence-corrected chi connectivity index (χ3v) is 4.08. The monoisotopic (exact) mass is 320 g/mol. The van der Waals surface area contributed by atoms with Crippen molar-refractivity contribution in [2.24, 2.45) is 11.7 Å². The van der Waals surface area contributed by atoms with E-state index < -0.39 is 0 Å². The SMILES string of the molecule is CCOC(=O)C1CCCN(Cc2ccc(CC(N)=S)cc2)C1. The zero-order chi connectivity index (χ0) is 15.9. The Hall–Kier alpha value is -1.46. The number of rotatable bonds is 6. The Labute approximate surface area is 137 Å². The number of likely N-dealkylation sites (tertiary alicyclic amines) is 1. The van der Waals surface area contributed by atoms with Gasteiger partial charge in [0.25, 0.3) is 0 Å². The maximum absolute atomic E-state index is 11.9. The minimum absolute atomic E-state index is 0.0163. The molecule has 0 amide bonds. The summed E-state index contributed by atoms with van der Waals surface area (Å²) in [5, 5.41) is 0. The molecule has 1 aromatic rings. The van der Waals surface area contributed by atoms with E-state index in [4.69, 9.17) is 22.7 Å². The van der Waals surface area contributed by atoms with Gasteiger partial charge in [0.1, 0.15) is 0 Å². The van der Waals surface area contributed by atoms with Crippen molar-refractivity contribution in [2.75, 3.05) is 19.7 Å². The fraction of sp³-hybridized carbons (Fsp3) is 0.529. The molecule has 0 aromatic heterocycles. The third-order valence-electron chi connectivity index (χ3n) is 3.93. The topological polar surface area (TPSA) is 55.6 Å². The molecule has 1 atom stereocenters. The molecule has 2 N–H and O–H groups in total. The van der Waals surface area contributed by atoms with Gasteiger partial charge in [-0.25, -0.2) is 0 Å². The molecule has 0 bridgehead atoms. The Morgan fingerprint density at radius 3 is 2.68 bits per heavy atom. The molecular formula is C17H24N2O2S. The van der Waals surface area contributed by atoms with E-state index in [9.17, 15) is 4.79 Å². The van der Waals surface area contributed by atoms with E-state index in [-0.39, 0.29) is 11.9 Å². The lowest BCUT2D eigenvalue weighted by atomic mass is 9.97. The molecule has 1 unspecified atom stereocenters. The Morgan fingerprint density at radius 1 is 1.36 bits per heavy atom. The molecule has 4 nitrogen and oxygen atoms in total. The van der Waals surface area contributed by atoms with Crippen LogP contribution in [0.5, 0.6) is 0 Å². The lowest BCUT2D eigenvalue weighted by Crippen LogP contribution is -2.38. The number of carbonyl (C=O) groups is 1. The van der Waals surface area contributed by atoms with Crippen molar-refractivity contribution >= 4 is 23.2 Å². The first-order valence-corrected chi connectivity index (χ1v) is 8.24. The highest BCUT2D eigenvalue weighted by Gasteiger charge is 2.26. The number of carbonyl (C=O) groups excluding carboxylic acids is 1. The van der Waals surface area contributed by atoms with Gasteiger partial charge < -0.3 is 10.5 Å². The minimum atomic E-state index is -0.0565. The van der Waals surface area contributed by atoms with Crippen LogP contribution in [-0.4, -0.2) is 35.6 Å². The van der Waals surface area contributed by atoms with Crippen molar-refractivity contribution in [3.8, 4) is 0 Å². The van der Waals surface area contributed by atoms with Crippen molar-refractivity contribution < 1.29 is 9.53 Å². The Kier molecular flexibility index (Phi) is 6.34. The van der Waals surface area contributed by atoms with Gasteiger partial charge in [0.2, 0.25) is 0 Å². The van der Waals surface area contributed by atoms with Crippen molar-refractivity contribution in [1.82, 2.24) is 4.90 Å². The van der Waals surface area contributed by atoms with Gasteiger partial charge in [0.15, 0.2) is 0 Å². The van der Waals surface area contributed by atoms with Crippen molar-refractivity contribution in [1.29, 1.82) is 0 Å². The van der Waals surface area contributed by atoms with Gasteiger partial charge >= 0.3 is 5.97 Å². The third kappa shape index (κ3) is 5.07.